The van der Waals surface area contributed by atoms with Gasteiger partial charge in [-0.05, 0) is 43.5 Å². The molecule has 3 aromatic rings. The van der Waals surface area contributed by atoms with Gasteiger partial charge in [0.25, 0.3) is 0 Å². The summed E-state index contributed by atoms with van der Waals surface area (Å²) in [6.07, 6.45) is 4.19. The summed E-state index contributed by atoms with van der Waals surface area (Å²) in [5.74, 6) is 0.732. The maximum atomic E-state index is 13.4. The van der Waals surface area contributed by atoms with Gasteiger partial charge in [-0.2, -0.15) is 5.10 Å². The molecule has 8 nitrogen and oxygen atoms in total. The predicted octanol–water partition coefficient (Wildman–Crippen LogP) is 2.09. The number of likely N-dealkylation sites (N-methyl/N-ethyl adjacent to an activating group) is 1. The van der Waals surface area contributed by atoms with Crippen molar-refractivity contribution in [1.82, 2.24) is 19.7 Å². The first-order valence-electron chi connectivity index (χ1n) is 10.2. The van der Waals surface area contributed by atoms with Crippen molar-refractivity contribution >= 4 is 17.4 Å². The standard InChI is InChI=1S/C22H25FN6O2/c1-13-19-21(28(3)20(14(2)30)22(31)27-19)26-18(25-13)8-7-16-10-24-29(12-16)11-15-5-4-6-17(23)9-15/h4-6,9-10,12,14,20,30H,7-8,11H2,1-3H3,(H,27,31)/t14-,20+/m1/s1. The van der Waals surface area contributed by atoms with Crippen LogP contribution in [0.5, 0.6) is 0 Å². The Balaban J connectivity index is 1.47. The van der Waals surface area contributed by atoms with Crippen molar-refractivity contribution in [3.63, 3.8) is 0 Å². The number of amides is 1. The zero-order valence-corrected chi connectivity index (χ0v) is 17.7. The van der Waals surface area contributed by atoms with Crippen LogP contribution in [-0.2, 0) is 24.2 Å². The molecular weight excluding hydrogens is 399 g/mol. The quantitative estimate of drug-likeness (QED) is 0.629. The summed E-state index contributed by atoms with van der Waals surface area (Å²) in [5.41, 5.74) is 3.14. The molecule has 1 aliphatic heterocycles. The van der Waals surface area contributed by atoms with E-state index in [1.165, 1.54) is 12.1 Å². The van der Waals surface area contributed by atoms with Gasteiger partial charge in [-0.25, -0.2) is 14.4 Å². The van der Waals surface area contributed by atoms with Gasteiger partial charge in [0.2, 0.25) is 5.91 Å². The van der Waals surface area contributed by atoms with E-state index >= 15 is 0 Å². The Bertz CT molecular complexity index is 1110. The highest BCUT2D eigenvalue weighted by Gasteiger charge is 2.36. The number of fused-ring (bicyclic) bond motifs is 1. The number of carbonyl (C=O) groups is 1. The number of nitrogens with one attached hydrogen (secondary N) is 1. The van der Waals surface area contributed by atoms with Crippen LogP contribution in [0.25, 0.3) is 0 Å². The molecule has 9 heteroatoms. The van der Waals surface area contributed by atoms with E-state index < -0.39 is 12.1 Å². The molecule has 1 amide bonds. The Kier molecular flexibility index (Phi) is 5.69. The van der Waals surface area contributed by atoms with E-state index in [4.69, 9.17) is 0 Å². The van der Waals surface area contributed by atoms with Gasteiger partial charge >= 0.3 is 0 Å². The fourth-order valence-electron chi connectivity index (χ4n) is 3.88. The number of rotatable bonds is 6. The summed E-state index contributed by atoms with van der Waals surface area (Å²) in [6.45, 7) is 3.91. The Morgan fingerprint density at radius 2 is 2.06 bits per heavy atom. The van der Waals surface area contributed by atoms with Crippen molar-refractivity contribution in [3.05, 3.63) is 65.1 Å². The Hall–Kier alpha value is -3.33. The molecule has 4 rings (SSSR count). The van der Waals surface area contributed by atoms with Crippen LogP contribution in [0, 0.1) is 12.7 Å². The number of aryl methyl sites for hydroxylation is 3. The molecule has 3 heterocycles. The molecular formula is C22H25FN6O2. The summed E-state index contributed by atoms with van der Waals surface area (Å²) < 4.78 is 15.1. The van der Waals surface area contributed by atoms with Crippen LogP contribution in [0.2, 0.25) is 0 Å². The molecule has 0 fully saturated rings. The molecule has 0 unspecified atom stereocenters. The van der Waals surface area contributed by atoms with Gasteiger partial charge in [0.05, 0.1) is 24.5 Å². The third-order valence-electron chi connectivity index (χ3n) is 5.40. The predicted molar refractivity (Wildman–Crippen MR) is 114 cm³/mol. The summed E-state index contributed by atoms with van der Waals surface area (Å²) in [7, 11) is 1.75. The van der Waals surface area contributed by atoms with Gasteiger partial charge in [0.1, 0.15) is 23.4 Å². The van der Waals surface area contributed by atoms with E-state index in [-0.39, 0.29) is 11.7 Å². The van der Waals surface area contributed by atoms with E-state index in [1.54, 1.807) is 35.8 Å². The molecule has 0 aliphatic carbocycles. The lowest BCUT2D eigenvalue weighted by Crippen LogP contribution is -2.52. The van der Waals surface area contributed by atoms with Crippen LogP contribution in [-0.4, -0.2) is 50.0 Å². The molecule has 0 spiro atoms. The zero-order chi connectivity index (χ0) is 22.1. The number of hydrogen-bond donors (Lipinski definition) is 2. The average Bonchev–Trinajstić information content (AvgIpc) is 3.14. The molecule has 2 aromatic heterocycles. The number of anilines is 2. The van der Waals surface area contributed by atoms with E-state index in [9.17, 15) is 14.3 Å². The minimum atomic E-state index is -0.833. The van der Waals surface area contributed by atoms with Crippen molar-refractivity contribution in [2.45, 2.75) is 45.4 Å². The fourth-order valence-corrected chi connectivity index (χ4v) is 3.88. The molecule has 162 valence electrons. The molecule has 0 bridgehead atoms. The zero-order valence-electron chi connectivity index (χ0n) is 17.7. The van der Waals surface area contributed by atoms with E-state index in [0.717, 1.165) is 11.1 Å². The number of nitrogens with zero attached hydrogens (tertiary/aromatic N) is 5. The van der Waals surface area contributed by atoms with Crippen LogP contribution in [0.15, 0.2) is 36.7 Å². The summed E-state index contributed by atoms with van der Waals surface area (Å²) >= 11 is 0. The molecule has 0 saturated heterocycles. The summed E-state index contributed by atoms with van der Waals surface area (Å²) in [5, 5.41) is 17.2. The van der Waals surface area contributed by atoms with Crippen molar-refractivity contribution in [1.29, 1.82) is 0 Å². The molecule has 2 atom stereocenters. The van der Waals surface area contributed by atoms with Crippen molar-refractivity contribution < 1.29 is 14.3 Å². The molecule has 1 aromatic carbocycles. The van der Waals surface area contributed by atoms with Crippen molar-refractivity contribution in [3.8, 4) is 0 Å². The minimum Gasteiger partial charge on any atom is -0.391 e. The second kappa shape index (κ2) is 8.43. The van der Waals surface area contributed by atoms with Gasteiger partial charge in [-0.15, -0.1) is 0 Å². The van der Waals surface area contributed by atoms with E-state index in [2.05, 4.69) is 20.4 Å². The highest BCUT2D eigenvalue weighted by atomic mass is 19.1. The average molecular weight is 424 g/mol. The van der Waals surface area contributed by atoms with Gasteiger partial charge in [0.15, 0.2) is 5.82 Å². The number of hydrogen-bond acceptors (Lipinski definition) is 6. The first kappa shape index (κ1) is 20.9. The largest absolute Gasteiger partial charge is 0.391 e. The first-order chi connectivity index (χ1) is 14.8. The number of benzene rings is 1. The van der Waals surface area contributed by atoms with Gasteiger partial charge in [0, 0.05) is 19.7 Å². The molecule has 1 aliphatic rings. The van der Waals surface area contributed by atoms with Gasteiger partial charge in [-0.3, -0.25) is 9.48 Å². The molecule has 0 radical (unpaired) electrons. The number of carbonyl (C=O) groups excluding carboxylic acids is 1. The first-order valence-corrected chi connectivity index (χ1v) is 10.2. The highest BCUT2D eigenvalue weighted by molar-refractivity contribution is 6.03. The van der Waals surface area contributed by atoms with Crippen LogP contribution in [0.3, 0.4) is 0 Å². The smallest absolute Gasteiger partial charge is 0.249 e. The summed E-state index contributed by atoms with van der Waals surface area (Å²) in [4.78, 5) is 23.2. The maximum Gasteiger partial charge on any atom is 0.249 e. The normalized spacial score (nSPS) is 16.7. The number of aliphatic hydroxyl groups excluding tert-OH is 1. The van der Waals surface area contributed by atoms with Crippen LogP contribution in [0.1, 0.15) is 29.6 Å². The fraction of sp³-hybridized carbons (Fsp3) is 0.364. The minimum absolute atomic E-state index is 0.260. The monoisotopic (exact) mass is 424 g/mol. The Morgan fingerprint density at radius 1 is 1.26 bits per heavy atom. The highest BCUT2D eigenvalue weighted by Crippen LogP contribution is 2.32. The number of aromatic nitrogens is 4. The number of halogens is 1. The lowest BCUT2D eigenvalue weighted by Gasteiger charge is -2.36. The van der Waals surface area contributed by atoms with Crippen LogP contribution in [0.4, 0.5) is 15.9 Å². The van der Waals surface area contributed by atoms with Crippen molar-refractivity contribution in [2.75, 3.05) is 17.3 Å². The SMILES string of the molecule is Cc1nc(CCc2cnn(Cc3cccc(F)c3)c2)nc2c1NC(=O)[C@H]([C@@H](C)O)N2C. The third-order valence-corrected chi connectivity index (χ3v) is 5.40. The topological polar surface area (TPSA) is 96.2 Å². The van der Waals surface area contributed by atoms with Gasteiger partial charge in [-0.1, -0.05) is 12.1 Å². The third kappa shape index (κ3) is 4.41. The summed E-state index contributed by atoms with van der Waals surface area (Å²) in [6, 6.07) is 5.78. The second-order valence-electron chi connectivity index (χ2n) is 7.89. The maximum absolute atomic E-state index is 13.4. The van der Waals surface area contributed by atoms with E-state index in [0.29, 0.717) is 42.4 Å². The van der Waals surface area contributed by atoms with Crippen LogP contribution >= 0.6 is 0 Å². The van der Waals surface area contributed by atoms with Crippen LogP contribution < -0.4 is 10.2 Å². The molecule has 0 saturated carbocycles. The lowest BCUT2D eigenvalue weighted by molar-refractivity contribution is -0.119. The van der Waals surface area contributed by atoms with E-state index in [1.807, 2.05) is 19.2 Å². The van der Waals surface area contributed by atoms with Gasteiger partial charge < -0.3 is 15.3 Å². The second-order valence-corrected chi connectivity index (χ2v) is 7.89. The molecule has 31 heavy (non-hydrogen) atoms. The lowest BCUT2D eigenvalue weighted by atomic mass is 10.1. The molecule has 2 N–H and O–H groups in total. The number of aliphatic hydroxyl groups is 1. The Labute approximate surface area is 179 Å². The Morgan fingerprint density at radius 3 is 2.81 bits per heavy atom. The van der Waals surface area contributed by atoms with Crippen molar-refractivity contribution in [2.24, 2.45) is 0 Å².